The van der Waals surface area contributed by atoms with Crippen LogP contribution < -0.4 is 0 Å². The summed E-state index contributed by atoms with van der Waals surface area (Å²) in [6.07, 6.45) is 0. The second-order valence-electron chi connectivity index (χ2n) is 17.5. The quantitative estimate of drug-likeness (QED) is 0.165. The van der Waals surface area contributed by atoms with Crippen molar-refractivity contribution in [3.63, 3.8) is 0 Å². The van der Waals surface area contributed by atoms with E-state index in [9.17, 15) is 0 Å². The first-order valence-electron chi connectivity index (χ1n) is 23.8. The van der Waals surface area contributed by atoms with Crippen molar-refractivity contribution in [2.75, 3.05) is 0 Å². The Kier molecular flexibility index (Phi) is 13.7. The van der Waals surface area contributed by atoms with Crippen molar-refractivity contribution in [2.45, 2.75) is 38.0 Å². The average molecular weight is 1080 g/mol. The Labute approximate surface area is 433 Å². The lowest BCUT2D eigenvalue weighted by Crippen LogP contribution is -2.29. The summed E-state index contributed by atoms with van der Waals surface area (Å²) in [7, 11) is 0. The van der Waals surface area contributed by atoms with Crippen LogP contribution in [-0.4, -0.2) is 0 Å². The molecule has 0 saturated carbocycles. The monoisotopic (exact) mass is 1080 g/mol. The molecule has 0 fully saturated rings. The fourth-order valence-electron chi connectivity index (χ4n) is 11.1. The molecule has 10 aromatic carbocycles. The van der Waals surface area contributed by atoms with Crippen molar-refractivity contribution in [3.8, 4) is 33.4 Å². The van der Waals surface area contributed by atoms with Crippen LogP contribution in [0.25, 0.3) is 33.4 Å². The maximum atomic E-state index is 3.97. The van der Waals surface area contributed by atoms with Gasteiger partial charge in [0.05, 0.1) is 5.41 Å². The van der Waals surface area contributed by atoms with Crippen molar-refractivity contribution in [1.82, 2.24) is 0 Å². The molecule has 0 N–H and O–H groups in total. The Morgan fingerprint density at radius 3 is 1.09 bits per heavy atom. The molecule has 0 nitrogen and oxygen atoms in total. The maximum absolute atomic E-state index is 3.97. The minimum absolute atomic E-state index is 0.0402. The van der Waals surface area contributed by atoms with Gasteiger partial charge in [0.2, 0.25) is 0 Å². The lowest BCUT2D eigenvalue weighted by molar-refractivity contribution is 0.768. The van der Waals surface area contributed by atoms with E-state index in [1.807, 2.05) is 68.4 Å². The molecule has 3 heteroatoms. The normalized spacial score (nSPS) is 14.6. The summed E-state index contributed by atoms with van der Waals surface area (Å²) < 4.78 is 3.28. The SMILES string of the molecule is Brc1ccc2c(c1)C(c1ccccc1)c1c-2c2c(c3c1-c1ccc(Br)cc1C3(c1ccccc1)c1ccccc1)-c1ccc(Br)cc1C2c1ccccc1.CC.Cc1ccccc1.c1ccccc1. The molecular formula is C66H51Br3. The van der Waals surface area contributed by atoms with Crippen LogP contribution in [0, 0.1) is 6.92 Å². The Balaban J connectivity index is 0.000000318. The first kappa shape index (κ1) is 46.4. The number of halogens is 3. The molecule has 336 valence electrons. The van der Waals surface area contributed by atoms with E-state index < -0.39 is 5.41 Å². The zero-order valence-corrected chi connectivity index (χ0v) is 43.6. The van der Waals surface area contributed by atoms with Crippen LogP contribution in [0.1, 0.15) is 86.9 Å². The molecule has 3 aliphatic rings. The van der Waals surface area contributed by atoms with Crippen LogP contribution in [0.15, 0.2) is 256 Å². The largest absolute Gasteiger partial charge is 0.0720 e. The van der Waals surface area contributed by atoms with Crippen molar-refractivity contribution >= 4 is 47.8 Å². The molecule has 10 aromatic rings. The molecule has 0 saturated heterocycles. The number of hydrogen-bond donors (Lipinski definition) is 0. The second-order valence-corrected chi connectivity index (χ2v) is 20.2. The molecule has 0 radical (unpaired) electrons. The Morgan fingerprint density at radius 2 is 0.681 bits per heavy atom. The van der Waals surface area contributed by atoms with Gasteiger partial charge in [-0.25, -0.2) is 0 Å². The average Bonchev–Trinajstić information content (AvgIpc) is 4.02. The zero-order chi connectivity index (χ0) is 47.5. The van der Waals surface area contributed by atoms with Gasteiger partial charge in [0.15, 0.2) is 0 Å². The van der Waals surface area contributed by atoms with Gasteiger partial charge < -0.3 is 0 Å². The second kappa shape index (κ2) is 20.3. The number of hydrogen-bond acceptors (Lipinski definition) is 0. The van der Waals surface area contributed by atoms with Gasteiger partial charge in [-0.1, -0.05) is 273 Å². The molecule has 2 atom stereocenters. The van der Waals surface area contributed by atoms with Crippen molar-refractivity contribution in [2.24, 2.45) is 0 Å². The molecule has 69 heavy (non-hydrogen) atoms. The van der Waals surface area contributed by atoms with E-state index in [2.05, 4.69) is 243 Å². The Morgan fingerprint density at radius 1 is 0.348 bits per heavy atom. The van der Waals surface area contributed by atoms with Crippen molar-refractivity contribution < 1.29 is 0 Å². The molecule has 0 bridgehead atoms. The van der Waals surface area contributed by atoms with Gasteiger partial charge in [-0.15, -0.1) is 0 Å². The van der Waals surface area contributed by atoms with Gasteiger partial charge in [-0.05, 0) is 132 Å². The van der Waals surface area contributed by atoms with Gasteiger partial charge in [-0.2, -0.15) is 0 Å². The first-order chi connectivity index (χ1) is 33.9. The summed E-state index contributed by atoms with van der Waals surface area (Å²) in [6.45, 7) is 6.08. The van der Waals surface area contributed by atoms with Gasteiger partial charge in [0.25, 0.3) is 0 Å². The highest BCUT2D eigenvalue weighted by atomic mass is 79.9. The third-order valence-electron chi connectivity index (χ3n) is 13.7. The zero-order valence-electron chi connectivity index (χ0n) is 38.9. The van der Waals surface area contributed by atoms with Crippen LogP contribution >= 0.6 is 47.8 Å². The van der Waals surface area contributed by atoms with Crippen molar-refractivity contribution in [1.29, 1.82) is 0 Å². The smallest absolute Gasteiger partial charge is 0.0683 e. The third-order valence-corrected chi connectivity index (χ3v) is 15.1. The van der Waals surface area contributed by atoms with E-state index in [-0.39, 0.29) is 11.8 Å². The van der Waals surface area contributed by atoms with Crippen LogP contribution in [0.4, 0.5) is 0 Å². The molecule has 0 aromatic heterocycles. The highest BCUT2D eigenvalue weighted by Crippen LogP contribution is 2.69. The lowest BCUT2D eigenvalue weighted by atomic mass is 9.65. The molecule has 0 heterocycles. The molecule has 13 rings (SSSR count). The standard InChI is InChI=1S/C51H31Br3.C7H8.C6H6.C2H6/c52-34-21-24-37-40(27-34)43(30-13-5-1-6-14-30)49-45(37)48-44(31-15-7-2-8-16-31)41-28-35(53)22-25-38(41)46(48)50-47(49)39-26-23-36(54)29-42(39)51(50,32-17-9-3-10-18-32)33-19-11-4-12-20-33;1-7-5-3-2-4-6-7;1-2-4-6-5-3-1;1-2/h1-29,43-44H;2-6H,1H3;1-6H;1-2H3. The van der Waals surface area contributed by atoms with Gasteiger partial charge in [-0.3, -0.25) is 0 Å². The van der Waals surface area contributed by atoms with E-state index in [1.165, 1.54) is 94.6 Å². The first-order valence-corrected chi connectivity index (χ1v) is 26.2. The number of aryl methyl sites for hydroxylation is 1. The number of benzene rings is 10. The Hall–Kier alpha value is -6.36. The van der Waals surface area contributed by atoms with E-state index in [0.717, 1.165) is 13.4 Å². The number of fused-ring (bicyclic) bond motifs is 12. The van der Waals surface area contributed by atoms with Crippen LogP contribution in [0.2, 0.25) is 0 Å². The Bertz CT molecular complexity index is 3240. The predicted molar refractivity (Wildman–Crippen MR) is 301 cm³/mol. The topological polar surface area (TPSA) is 0 Å². The van der Waals surface area contributed by atoms with Crippen molar-refractivity contribution in [3.05, 3.63) is 317 Å². The minimum Gasteiger partial charge on any atom is -0.0683 e. The molecule has 0 amide bonds. The maximum Gasteiger partial charge on any atom is 0.0720 e. The fourth-order valence-corrected chi connectivity index (χ4v) is 12.2. The highest BCUT2D eigenvalue weighted by molar-refractivity contribution is 9.11. The minimum atomic E-state index is -0.595. The summed E-state index contributed by atoms with van der Waals surface area (Å²) in [4.78, 5) is 0. The molecule has 2 unspecified atom stereocenters. The third kappa shape index (κ3) is 8.29. The summed E-state index contributed by atoms with van der Waals surface area (Å²) in [5.74, 6) is 0.0805. The van der Waals surface area contributed by atoms with Crippen LogP contribution in [0.5, 0.6) is 0 Å². The summed E-state index contributed by atoms with van der Waals surface area (Å²) in [6, 6.07) is 88.1. The molecular weight excluding hydrogens is 1030 g/mol. The summed E-state index contributed by atoms with van der Waals surface area (Å²) >= 11 is 11.8. The van der Waals surface area contributed by atoms with E-state index in [4.69, 9.17) is 0 Å². The van der Waals surface area contributed by atoms with E-state index >= 15 is 0 Å². The van der Waals surface area contributed by atoms with E-state index in [0.29, 0.717) is 0 Å². The van der Waals surface area contributed by atoms with Gasteiger partial charge in [0, 0.05) is 25.3 Å². The summed E-state index contributed by atoms with van der Waals surface area (Å²) in [5, 5.41) is 0. The lowest BCUT2D eigenvalue weighted by Gasteiger charge is -2.36. The highest BCUT2D eigenvalue weighted by Gasteiger charge is 2.54. The fraction of sp³-hybridized carbons (Fsp3) is 0.0909. The van der Waals surface area contributed by atoms with Gasteiger partial charge in [0.1, 0.15) is 0 Å². The molecule has 3 aliphatic carbocycles. The van der Waals surface area contributed by atoms with Gasteiger partial charge >= 0.3 is 0 Å². The summed E-state index contributed by atoms with van der Waals surface area (Å²) in [5.41, 5.74) is 22.1. The van der Waals surface area contributed by atoms with Crippen LogP contribution in [0.3, 0.4) is 0 Å². The van der Waals surface area contributed by atoms with Crippen LogP contribution in [-0.2, 0) is 5.41 Å². The predicted octanol–water partition coefficient (Wildman–Crippen LogP) is 19.4. The molecule has 0 aliphatic heterocycles. The molecule has 0 spiro atoms. The number of rotatable bonds is 4. The van der Waals surface area contributed by atoms with E-state index in [1.54, 1.807) is 0 Å².